The Bertz CT molecular complexity index is 1080. The van der Waals surface area contributed by atoms with Crippen molar-refractivity contribution < 1.29 is 9.90 Å². The number of amides is 1. The van der Waals surface area contributed by atoms with Gasteiger partial charge >= 0.3 is 0 Å². The van der Waals surface area contributed by atoms with Crippen molar-refractivity contribution in [1.29, 1.82) is 0 Å². The van der Waals surface area contributed by atoms with Crippen molar-refractivity contribution in [2.75, 3.05) is 18.4 Å². The lowest BCUT2D eigenvalue weighted by Gasteiger charge is -2.44. The van der Waals surface area contributed by atoms with Crippen LogP contribution in [-0.4, -0.2) is 41.1 Å². The Morgan fingerprint density at radius 2 is 1.86 bits per heavy atom. The number of phenolic OH excluding ortho intramolecular Hbond substituents is 1. The molecule has 2 aliphatic heterocycles. The molecule has 1 amide bonds. The van der Waals surface area contributed by atoms with Gasteiger partial charge in [-0.05, 0) is 111 Å². The quantitative estimate of drug-likeness (QED) is 0.471. The first-order valence-corrected chi connectivity index (χ1v) is 13.8. The molecule has 0 unspecified atom stereocenters. The number of piperidine rings is 1. The van der Waals surface area contributed by atoms with Crippen molar-refractivity contribution in [2.45, 2.75) is 89.9 Å². The third-order valence-electron chi connectivity index (χ3n) is 8.74. The highest BCUT2D eigenvalue weighted by molar-refractivity contribution is 5.82. The van der Waals surface area contributed by atoms with E-state index in [-0.39, 0.29) is 17.7 Å². The SMILES string of the molecule is Cc1cc(O)cc(C)c1C[C@H](N)C(=O)N[C@@H]1CCNc2ccc(CN3CCC[C@H]4CCCC[C@@H]43)cc21. The number of hydrogen-bond acceptors (Lipinski definition) is 5. The first-order chi connectivity index (χ1) is 17.4. The molecule has 6 heteroatoms. The number of likely N-dealkylation sites (tertiary alicyclic amines) is 1. The van der Waals surface area contributed by atoms with Crippen molar-refractivity contribution in [3.63, 3.8) is 0 Å². The van der Waals surface area contributed by atoms with Gasteiger partial charge in [0.2, 0.25) is 5.91 Å². The van der Waals surface area contributed by atoms with E-state index in [1.54, 1.807) is 12.1 Å². The Labute approximate surface area is 215 Å². The normalized spacial score (nSPS) is 24.8. The minimum atomic E-state index is -0.634. The molecule has 6 nitrogen and oxygen atoms in total. The van der Waals surface area contributed by atoms with E-state index in [9.17, 15) is 9.90 Å². The van der Waals surface area contributed by atoms with Crippen LogP contribution in [0.2, 0.25) is 0 Å². The maximum Gasteiger partial charge on any atom is 0.237 e. The number of fused-ring (bicyclic) bond motifs is 2. The molecule has 36 heavy (non-hydrogen) atoms. The lowest BCUT2D eigenvalue weighted by atomic mass is 9.78. The molecule has 194 valence electrons. The number of phenols is 1. The van der Waals surface area contributed by atoms with Gasteiger partial charge in [-0.1, -0.05) is 25.0 Å². The molecule has 3 aliphatic rings. The largest absolute Gasteiger partial charge is 0.508 e. The fourth-order valence-electron chi connectivity index (χ4n) is 6.86. The van der Waals surface area contributed by atoms with Crippen LogP contribution in [0.1, 0.15) is 78.8 Å². The highest BCUT2D eigenvalue weighted by Gasteiger charge is 2.33. The first kappa shape index (κ1) is 25.1. The van der Waals surface area contributed by atoms with Gasteiger partial charge in [0, 0.05) is 24.8 Å². The number of nitrogens with zero attached hydrogens (tertiary/aromatic N) is 1. The van der Waals surface area contributed by atoms with Crippen molar-refractivity contribution in [3.8, 4) is 5.75 Å². The van der Waals surface area contributed by atoms with Gasteiger partial charge in [0.05, 0.1) is 12.1 Å². The summed E-state index contributed by atoms with van der Waals surface area (Å²) in [5.74, 6) is 1.00. The molecular formula is C30H42N4O2. The summed E-state index contributed by atoms with van der Waals surface area (Å²) < 4.78 is 0. The summed E-state index contributed by atoms with van der Waals surface area (Å²) in [6, 6.07) is 10.3. The average Bonchev–Trinajstić information content (AvgIpc) is 2.86. The van der Waals surface area contributed by atoms with E-state index in [4.69, 9.17) is 5.73 Å². The monoisotopic (exact) mass is 490 g/mol. The number of benzene rings is 2. The van der Waals surface area contributed by atoms with Crippen LogP contribution in [0.25, 0.3) is 0 Å². The molecule has 4 atom stereocenters. The Kier molecular flexibility index (Phi) is 7.54. The van der Waals surface area contributed by atoms with Crippen molar-refractivity contribution in [3.05, 3.63) is 58.1 Å². The fraction of sp³-hybridized carbons (Fsp3) is 0.567. The molecule has 2 fully saturated rings. The lowest BCUT2D eigenvalue weighted by Crippen LogP contribution is -2.46. The van der Waals surface area contributed by atoms with Gasteiger partial charge in [-0.15, -0.1) is 0 Å². The van der Waals surface area contributed by atoms with E-state index in [0.29, 0.717) is 6.42 Å². The fourth-order valence-corrected chi connectivity index (χ4v) is 6.86. The van der Waals surface area contributed by atoms with Crippen LogP contribution < -0.4 is 16.4 Å². The maximum absolute atomic E-state index is 13.2. The van der Waals surface area contributed by atoms with Crippen LogP contribution in [0.4, 0.5) is 5.69 Å². The van der Waals surface area contributed by atoms with E-state index in [2.05, 4.69) is 33.7 Å². The summed E-state index contributed by atoms with van der Waals surface area (Å²) in [4.78, 5) is 15.9. The minimum Gasteiger partial charge on any atom is -0.508 e. The summed E-state index contributed by atoms with van der Waals surface area (Å²) in [6.07, 6.45) is 9.51. The van der Waals surface area contributed by atoms with Gasteiger partial charge in [0.15, 0.2) is 0 Å². The minimum absolute atomic E-state index is 0.0365. The molecule has 1 saturated heterocycles. The Morgan fingerprint density at radius 3 is 2.67 bits per heavy atom. The Morgan fingerprint density at radius 1 is 1.11 bits per heavy atom. The van der Waals surface area contributed by atoms with Gasteiger partial charge in [0.1, 0.15) is 5.75 Å². The average molecular weight is 491 g/mol. The molecule has 1 aliphatic carbocycles. The zero-order valence-corrected chi connectivity index (χ0v) is 21.9. The molecule has 2 aromatic rings. The smallest absolute Gasteiger partial charge is 0.237 e. The molecule has 0 radical (unpaired) electrons. The second-order valence-electron chi connectivity index (χ2n) is 11.3. The summed E-state index contributed by atoms with van der Waals surface area (Å²) in [5.41, 5.74) is 13.0. The second-order valence-corrected chi connectivity index (χ2v) is 11.3. The number of nitrogens with two attached hydrogens (primary N) is 1. The molecule has 1 saturated carbocycles. The first-order valence-electron chi connectivity index (χ1n) is 13.8. The van der Waals surface area contributed by atoms with Crippen LogP contribution in [0, 0.1) is 19.8 Å². The molecule has 0 spiro atoms. The Hall–Kier alpha value is -2.57. The summed E-state index contributed by atoms with van der Waals surface area (Å²) in [6.45, 7) is 6.93. The summed E-state index contributed by atoms with van der Waals surface area (Å²) >= 11 is 0. The molecule has 0 aromatic heterocycles. The maximum atomic E-state index is 13.2. The number of aryl methyl sites for hydroxylation is 2. The molecule has 2 aromatic carbocycles. The van der Waals surface area contributed by atoms with Crippen LogP contribution in [-0.2, 0) is 17.8 Å². The third-order valence-corrected chi connectivity index (χ3v) is 8.74. The van der Waals surface area contributed by atoms with Crippen LogP contribution in [0.15, 0.2) is 30.3 Å². The predicted molar refractivity (Wildman–Crippen MR) is 145 cm³/mol. The summed E-state index contributed by atoms with van der Waals surface area (Å²) in [5, 5.41) is 16.6. The van der Waals surface area contributed by atoms with Crippen LogP contribution in [0.5, 0.6) is 5.75 Å². The van der Waals surface area contributed by atoms with Crippen molar-refractivity contribution in [1.82, 2.24) is 10.2 Å². The summed E-state index contributed by atoms with van der Waals surface area (Å²) in [7, 11) is 0. The number of rotatable bonds is 6. The van der Waals surface area contributed by atoms with E-state index < -0.39 is 6.04 Å². The van der Waals surface area contributed by atoms with E-state index >= 15 is 0 Å². The topological polar surface area (TPSA) is 90.6 Å². The van der Waals surface area contributed by atoms with Crippen molar-refractivity contribution in [2.24, 2.45) is 11.7 Å². The number of anilines is 1. The van der Waals surface area contributed by atoms with E-state index in [1.165, 1.54) is 56.2 Å². The number of hydrogen-bond donors (Lipinski definition) is 4. The molecular weight excluding hydrogens is 448 g/mol. The van der Waals surface area contributed by atoms with Gasteiger partial charge in [-0.2, -0.15) is 0 Å². The standard InChI is InChI=1S/C30H42N4O2/c1-19-14-23(35)15-20(2)24(19)17-26(31)30(36)33-28-11-12-32-27-10-9-21(16-25(27)28)18-34-13-5-7-22-6-3-4-8-29(22)34/h9-10,14-16,22,26,28-29,32,35H,3-8,11-13,17-18,31H2,1-2H3,(H,33,36)/t22-,26+,28-,29+/m1/s1. The highest BCUT2D eigenvalue weighted by Crippen LogP contribution is 2.37. The van der Waals surface area contributed by atoms with E-state index in [0.717, 1.165) is 53.8 Å². The number of carbonyl (C=O) groups is 1. The zero-order chi connectivity index (χ0) is 25.2. The molecule has 2 heterocycles. The van der Waals surface area contributed by atoms with Crippen LogP contribution >= 0.6 is 0 Å². The highest BCUT2D eigenvalue weighted by atomic mass is 16.3. The third kappa shape index (κ3) is 5.40. The predicted octanol–water partition coefficient (Wildman–Crippen LogP) is 4.71. The molecule has 0 bridgehead atoms. The lowest BCUT2D eigenvalue weighted by molar-refractivity contribution is -0.123. The zero-order valence-electron chi connectivity index (χ0n) is 21.9. The van der Waals surface area contributed by atoms with Gasteiger partial charge in [0.25, 0.3) is 0 Å². The van der Waals surface area contributed by atoms with E-state index in [1.807, 2.05) is 13.8 Å². The van der Waals surface area contributed by atoms with Crippen molar-refractivity contribution >= 4 is 11.6 Å². The molecule has 5 rings (SSSR count). The second kappa shape index (κ2) is 10.8. The molecule has 5 N–H and O–H groups in total. The van der Waals surface area contributed by atoms with Crippen LogP contribution in [0.3, 0.4) is 0 Å². The van der Waals surface area contributed by atoms with Gasteiger partial charge < -0.3 is 21.5 Å². The van der Waals surface area contributed by atoms with Gasteiger partial charge in [-0.3, -0.25) is 9.69 Å². The number of nitrogens with one attached hydrogen (secondary N) is 2. The number of aromatic hydroxyl groups is 1. The van der Waals surface area contributed by atoms with Gasteiger partial charge in [-0.25, -0.2) is 0 Å². The number of carbonyl (C=O) groups excluding carboxylic acids is 1. The Balaban J connectivity index is 1.27.